The van der Waals surface area contributed by atoms with E-state index in [1.807, 2.05) is 0 Å². The summed E-state index contributed by atoms with van der Waals surface area (Å²) in [5, 5.41) is 12.2. The van der Waals surface area contributed by atoms with E-state index in [1.54, 1.807) is 11.8 Å². The lowest BCUT2D eigenvalue weighted by Crippen LogP contribution is -2.50. The number of hydrogen-bond donors (Lipinski definition) is 2. The standard InChI is InChI=1S/C12H18N2O4/c1-4-5-13-11(16)8(2)14-7-9(15)6-10(14)12(17)18-3/h1,8-10,15H,5-7H2,2-3H3,(H,13,16). The molecule has 1 heterocycles. The van der Waals surface area contributed by atoms with Crippen LogP contribution in [0.4, 0.5) is 0 Å². The summed E-state index contributed by atoms with van der Waals surface area (Å²) in [6, 6.07) is -1.13. The highest BCUT2D eigenvalue weighted by atomic mass is 16.5. The van der Waals surface area contributed by atoms with Gasteiger partial charge in [-0.3, -0.25) is 14.5 Å². The highest BCUT2D eigenvalue weighted by Crippen LogP contribution is 2.21. The number of likely N-dealkylation sites (tertiary alicyclic amines) is 1. The summed E-state index contributed by atoms with van der Waals surface area (Å²) in [6.07, 6.45) is 4.71. The van der Waals surface area contributed by atoms with Crippen molar-refractivity contribution in [2.45, 2.75) is 31.5 Å². The molecule has 1 aliphatic heterocycles. The van der Waals surface area contributed by atoms with Crippen molar-refractivity contribution in [1.82, 2.24) is 10.2 Å². The van der Waals surface area contributed by atoms with E-state index in [-0.39, 0.29) is 25.4 Å². The number of methoxy groups -OCH3 is 1. The van der Waals surface area contributed by atoms with Gasteiger partial charge < -0.3 is 15.2 Å². The third kappa shape index (κ3) is 3.22. The van der Waals surface area contributed by atoms with Gasteiger partial charge in [-0.1, -0.05) is 5.92 Å². The predicted molar refractivity (Wildman–Crippen MR) is 64.4 cm³/mol. The van der Waals surface area contributed by atoms with Crippen molar-refractivity contribution >= 4 is 11.9 Å². The monoisotopic (exact) mass is 254 g/mol. The maximum Gasteiger partial charge on any atom is 0.323 e. The molecule has 1 amide bonds. The zero-order valence-electron chi connectivity index (χ0n) is 10.5. The zero-order valence-corrected chi connectivity index (χ0v) is 10.5. The number of carbonyl (C=O) groups is 2. The average Bonchev–Trinajstić information content (AvgIpc) is 2.76. The summed E-state index contributed by atoms with van der Waals surface area (Å²) in [7, 11) is 1.29. The van der Waals surface area contributed by atoms with E-state index in [1.165, 1.54) is 7.11 Å². The molecule has 1 rings (SSSR count). The second kappa shape index (κ2) is 6.38. The molecule has 0 saturated carbocycles. The molecule has 1 fully saturated rings. The maximum atomic E-state index is 11.8. The number of aliphatic hydroxyl groups excluding tert-OH is 1. The molecule has 1 saturated heterocycles. The minimum Gasteiger partial charge on any atom is -0.468 e. The van der Waals surface area contributed by atoms with Crippen molar-refractivity contribution in [3.05, 3.63) is 0 Å². The summed E-state index contributed by atoms with van der Waals surface area (Å²) >= 11 is 0. The lowest BCUT2D eigenvalue weighted by atomic mass is 10.2. The molecule has 0 aromatic carbocycles. The van der Waals surface area contributed by atoms with Crippen LogP contribution in [-0.2, 0) is 14.3 Å². The summed E-state index contributed by atoms with van der Waals surface area (Å²) in [4.78, 5) is 25.0. The first-order chi connectivity index (χ1) is 8.51. The average molecular weight is 254 g/mol. The first-order valence-electron chi connectivity index (χ1n) is 5.74. The largest absolute Gasteiger partial charge is 0.468 e. The van der Waals surface area contributed by atoms with Gasteiger partial charge in [0, 0.05) is 13.0 Å². The van der Waals surface area contributed by atoms with E-state index in [0.29, 0.717) is 0 Å². The number of β-amino-alcohol motifs (C(OH)–C–C–N with tert-alkyl or cyclic N) is 1. The Balaban J connectivity index is 2.70. The van der Waals surface area contributed by atoms with Crippen LogP contribution in [0.2, 0.25) is 0 Å². The highest BCUT2D eigenvalue weighted by molar-refractivity contribution is 5.83. The van der Waals surface area contributed by atoms with Crippen LogP contribution >= 0.6 is 0 Å². The Morgan fingerprint density at radius 2 is 2.33 bits per heavy atom. The Hall–Kier alpha value is -1.58. The van der Waals surface area contributed by atoms with Crippen LogP contribution in [0.1, 0.15) is 13.3 Å². The fourth-order valence-corrected chi connectivity index (χ4v) is 2.07. The Bertz CT molecular complexity index is 364. The molecule has 0 bridgehead atoms. The molecule has 0 aliphatic carbocycles. The number of aliphatic hydroxyl groups is 1. The summed E-state index contributed by atoms with van der Waals surface area (Å²) in [6.45, 7) is 2.08. The molecule has 18 heavy (non-hydrogen) atoms. The van der Waals surface area contributed by atoms with Crippen LogP contribution in [0.25, 0.3) is 0 Å². The molecule has 0 radical (unpaired) electrons. The third-order valence-corrected chi connectivity index (χ3v) is 3.03. The van der Waals surface area contributed by atoms with Crippen molar-refractivity contribution in [3.63, 3.8) is 0 Å². The third-order valence-electron chi connectivity index (χ3n) is 3.03. The smallest absolute Gasteiger partial charge is 0.323 e. The van der Waals surface area contributed by atoms with E-state index in [4.69, 9.17) is 6.42 Å². The Kier molecular flexibility index (Phi) is 5.13. The summed E-state index contributed by atoms with van der Waals surface area (Å²) in [5.74, 6) is 1.60. The molecule has 0 aromatic heterocycles. The maximum absolute atomic E-state index is 11.8. The number of amides is 1. The molecule has 3 unspecified atom stereocenters. The minimum atomic E-state index is -0.628. The molecule has 0 aromatic rings. The van der Waals surface area contributed by atoms with Crippen molar-refractivity contribution in [2.24, 2.45) is 0 Å². The number of hydrogen-bond acceptors (Lipinski definition) is 5. The van der Waals surface area contributed by atoms with E-state index in [9.17, 15) is 14.7 Å². The highest BCUT2D eigenvalue weighted by Gasteiger charge is 2.41. The molecule has 6 nitrogen and oxygen atoms in total. The van der Waals surface area contributed by atoms with Gasteiger partial charge >= 0.3 is 5.97 Å². The minimum absolute atomic E-state index is 0.141. The molecular weight excluding hydrogens is 236 g/mol. The van der Waals surface area contributed by atoms with Gasteiger partial charge in [0.1, 0.15) is 6.04 Å². The number of carbonyl (C=O) groups excluding carboxylic acids is 2. The van der Waals surface area contributed by atoms with Crippen LogP contribution in [0.15, 0.2) is 0 Å². The normalized spacial score (nSPS) is 25.2. The molecule has 1 aliphatic rings. The van der Waals surface area contributed by atoms with Crippen LogP contribution < -0.4 is 5.32 Å². The molecule has 2 N–H and O–H groups in total. The number of terminal acetylenes is 1. The second-order valence-corrected chi connectivity index (χ2v) is 4.22. The Morgan fingerprint density at radius 1 is 1.67 bits per heavy atom. The van der Waals surface area contributed by atoms with Crippen molar-refractivity contribution < 1.29 is 19.4 Å². The van der Waals surface area contributed by atoms with E-state index in [2.05, 4.69) is 16.0 Å². The fourth-order valence-electron chi connectivity index (χ4n) is 2.07. The summed E-state index contributed by atoms with van der Waals surface area (Å²) < 4.78 is 4.67. The van der Waals surface area contributed by atoms with Crippen LogP contribution in [0.3, 0.4) is 0 Å². The second-order valence-electron chi connectivity index (χ2n) is 4.22. The number of esters is 1. The molecule has 6 heteroatoms. The lowest BCUT2D eigenvalue weighted by molar-refractivity contribution is -0.147. The Labute approximate surface area is 106 Å². The Morgan fingerprint density at radius 3 is 2.89 bits per heavy atom. The van der Waals surface area contributed by atoms with Crippen molar-refractivity contribution in [2.75, 3.05) is 20.2 Å². The summed E-state index contributed by atoms with van der Waals surface area (Å²) in [5.41, 5.74) is 0. The first kappa shape index (κ1) is 14.5. The quantitative estimate of drug-likeness (QED) is 0.483. The molecule has 3 atom stereocenters. The van der Waals surface area contributed by atoms with Gasteiger partial charge in [-0.05, 0) is 6.92 Å². The molecule has 100 valence electrons. The lowest BCUT2D eigenvalue weighted by Gasteiger charge is -2.27. The van der Waals surface area contributed by atoms with Crippen molar-refractivity contribution in [3.8, 4) is 12.3 Å². The van der Waals surface area contributed by atoms with Crippen LogP contribution in [0, 0.1) is 12.3 Å². The van der Waals surface area contributed by atoms with Crippen molar-refractivity contribution in [1.29, 1.82) is 0 Å². The van der Waals surface area contributed by atoms with E-state index >= 15 is 0 Å². The number of ether oxygens (including phenoxy) is 1. The molecule has 0 spiro atoms. The number of nitrogens with zero attached hydrogens (tertiary/aromatic N) is 1. The SMILES string of the molecule is C#CCNC(=O)C(C)N1CC(O)CC1C(=O)OC. The van der Waals surface area contributed by atoms with Gasteiger partial charge in [0.25, 0.3) is 0 Å². The van der Waals surface area contributed by atoms with Gasteiger partial charge in [-0.25, -0.2) is 0 Å². The predicted octanol–water partition coefficient (Wildman–Crippen LogP) is -1.27. The van der Waals surface area contributed by atoms with Crippen LogP contribution in [-0.4, -0.2) is 60.3 Å². The first-order valence-corrected chi connectivity index (χ1v) is 5.74. The number of rotatable bonds is 4. The van der Waals surface area contributed by atoms with Gasteiger partial charge in [-0.2, -0.15) is 0 Å². The molecular formula is C12H18N2O4. The topological polar surface area (TPSA) is 78.9 Å². The number of nitrogens with one attached hydrogen (secondary N) is 1. The van der Waals surface area contributed by atoms with Gasteiger partial charge in [0.2, 0.25) is 5.91 Å². The van der Waals surface area contributed by atoms with E-state index in [0.717, 1.165) is 0 Å². The van der Waals surface area contributed by atoms with Crippen LogP contribution in [0.5, 0.6) is 0 Å². The van der Waals surface area contributed by atoms with Gasteiger partial charge in [-0.15, -0.1) is 6.42 Å². The fraction of sp³-hybridized carbons (Fsp3) is 0.667. The zero-order chi connectivity index (χ0) is 13.7. The van der Waals surface area contributed by atoms with Gasteiger partial charge in [0.15, 0.2) is 0 Å². The van der Waals surface area contributed by atoms with Gasteiger partial charge in [0.05, 0.1) is 25.8 Å². The van der Waals surface area contributed by atoms with E-state index < -0.39 is 24.2 Å².